The van der Waals surface area contributed by atoms with E-state index in [0.717, 1.165) is 15.8 Å². The normalized spacial score (nSPS) is 10.6. The smallest absolute Gasteiger partial charge is 0.143 e. The molecule has 1 aromatic heterocycles. The Morgan fingerprint density at radius 3 is 2.62 bits per heavy atom. The van der Waals surface area contributed by atoms with Crippen molar-refractivity contribution in [2.75, 3.05) is 5.32 Å². The maximum absolute atomic E-state index is 13.7. The minimum absolute atomic E-state index is 0.234. The summed E-state index contributed by atoms with van der Waals surface area (Å²) in [6, 6.07) is 12.6. The molecule has 0 unspecified atom stereocenters. The molecule has 0 amide bonds. The molecule has 7 heteroatoms. The minimum Gasteiger partial charge on any atom is -0.381 e. The molecule has 0 aliphatic carbocycles. The van der Waals surface area contributed by atoms with E-state index in [0.29, 0.717) is 12.1 Å². The third-order valence-corrected chi connectivity index (χ3v) is 3.47. The lowest BCUT2D eigenvalue weighted by Gasteiger charge is -2.08. The van der Waals surface area contributed by atoms with Crippen molar-refractivity contribution < 1.29 is 4.39 Å². The van der Waals surface area contributed by atoms with Crippen LogP contribution in [0, 0.1) is 5.82 Å². The van der Waals surface area contributed by atoms with Crippen molar-refractivity contribution in [3.63, 3.8) is 0 Å². The molecule has 21 heavy (non-hydrogen) atoms. The third kappa shape index (κ3) is 3.25. The van der Waals surface area contributed by atoms with Crippen molar-refractivity contribution in [1.29, 1.82) is 0 Å². The van der Waals surface area contributed by atoms with Crippen molar-refractivity contribution in [2.24, 2.45) is 0 Å². The Balaban J connectivity index is 1.68. The third-order valence-electron chi connectivity index (χ3n) is 2.98. The van der Waals surface area contributed by atoms with Gasteiger partial charge in [-0.25, -0.2) is 9.07 Å². The highest BCUT2D eigenvalue weighted by Gasteiger charge is 2.03. The summed E-state index contributed by atoms with van der Waals surface area (Å²) in [7, 11) is 0. The number of rotatable bonds is 4. The highest BCUT2D eigenvalue weighted by molar-refractivity contribution is 9.10. The molecule has 3 rings (SSSR count). The van der Waals surface area contributed by atoms with Gasteiger partial charge in [-0.2, -0.15) is 0 Å². The van der Waals surface area contributed by atoms with Gasteiger partial charge < -0.3 is 5.32 Å². The second kappa shape index (κ2) is 6.01. The lowest BCUT2D eigenvalue weighted by atomic mass is 10.2. The van der Waals surface area contributed by atoms with E-state index in [2.05, 4.69) is 36.8 Å². The molecule has 106 valence electrons. The number of anilines is 1. The first-order valence-electron chi connectivity index (χ1n) is 6.23. The lowest BCUT2D eigenvalue weighted by Crippen LogP contribution is -2.02. The molecule has 0 fully saturated rings. The van der Waals surface area contributed by atoms with Crippen LogP contribution in [0.25, 0.3) is 5.69 Å². The predicted octanol–water partition coefficient (Wildman–Crippen LogP) is 3.18. The second-order valence-electron chi connectivity index (χ2n) is 4.39. The van der Waals surface area contributed by atoms with Crippen LogP contribution in [0.3, 0.4) is 0 Å². The predicted molar refractivity (Wildman–Crippen MR) is 80.6 cm³/mol. The van der Waals surface area contributed by atoms with Gasteiger partial charge in [-0.3, -0.25) is 0 Å². The first kappa shape index (κ1) is 13.7. The number of aromatic nitrogens is 4. The molecule has 0 saturated carbocycles. The van der Waals surface area contributed by atoms with Gasteiger partial charge in [0.1, 0.15) is 12.1 Å². The van der Waals surface area contributed by atoms with Crippen LogP contribution < -0.4 is 5.32 Å². The first-order chi connectivity index (χ1) is 10.2. The van der Waals surface area contributed by atoms with E-state index in [1.807, 2.05) is 30.3 Å². The van der Waals surface area contributed by atoms with E-state index in [1.165, 1.54) is 12.4 Å². The van der Waals surface area contributed by atoms with Gasteiger partial charge in [0.05, 0.1) is 5.69 Å². The summed E-state index contributed by atoms with van der Waals surface area (Å²) in [6.07, 6.45) is 1.53. The Bertz CT molecular complexity index is 728. The molecular weight excluding hydrogens is 337 g/mol. The molecular formula is C14H11BrFN5. The molecule has 0 saturated heterocycles. The van der Waals surface area contributed by atoms with Gasteiger partial charge in [0.25, 0.3) is 0 Å². The van der Waals surface area contributed by atoms with Gasteiger partial charge in [0.2, 0.25) is 0 Å². The van der Waals surface area contributed by atoms with Crippen molar-refractivity contribution in [2.45, 2.75) is 6.54 Å². The first-order valence-corrected chi connectivity index (χ1v) is 7.03. The van der Waals surface area contributed by atoms with Crippen molar-refractivity contribution in [3.8, 4) is 5.69 Å². The quantitative estimate of drug-likeness (QED) is 0.787. The van der Waals surface area contributed by atoms with Crippen molar-refractivity contribution in [1.82, 2.24) is 20.2 Å². The van der Waals surface area contributed by atoms with E-state index in [1.54, 1.807) is 10.7 Å². The monoisotopic (exact) mass is 347 g/mol. The van der Waals surface area contributed by atoms with Crippen LogP contribution in [0.1, 0.15) is 5.56 Å². The van der Waals surface area contributed by atoms with Gasteiger partial charge in [0, 0.05) is 22.3 Å². The van der Waals surface area contributed by atoms with Crippen LogP contribution in [0.4, 0.5) is 10.1 Å². The van der Waals surface area contributed by atoms with Crippen LogP contribution in [-0.4, -0.2) is 20.2 Å². The van der Waals surface area contributed by atoms with Gasteiger partial charge in [-0.05, 0) is 46.8 Å². The van der Waals surface area contributed by atoms with E-state index < -0.39 is 0 Å². The average molecular weight is 348 g/mol. The zero-order chi connectivity index (χ0) is 14.7. The Morgan fingerprint density at radius 2 is 1.95 bits per heavy atom. The summed E-state index contributed by atoms with van der Waals surface area (Å²) in [4.78, 5) is 0. The van der Waals surface area contributed by atoms with Crippen LogP contribution in [0.15, 0.2) is 53.3 Å². The Morgan fingerprint density at radius 1 is 1.14 bits per heavy atom. The second-order valence-corrected chi connectivity index (χ2v) is 5.31. The van der Waals surface area contributed by atoms with Crippen molar-refractivity contribution >= 4 is 21.6 Å². The van der Waals surface area contributed by atoms with E-state index in [9.17, 15) is 4.39 Å². The van der Waals surface area contributed by atoms with E-state index in [-0.39, 0.29) is 5.82 Å². The van der Waals surface area contributed by atoms with Gasteiger partial charge in [-0.15, -0.1) is 5.10 Å². The van der Waals surface area contributed by atoms with Crippen LogP contribution in [0.2, 0.25) is 0 Å². The summed E-state index contributed by atoms with van der Waals surface area (Å²) in [5.74, 6) is -0.234. The van der Waals surface area contributed by atoms with E-state index in [4.69, 9.17) is 0 Å². The zero-order valence-corrected chi connectivity index (χ0v) is 12.5. The molecule has 1 N–H and O–H groups in total. The molecule has 5 nitrogen and oxygen atoms in total. The molecule has 0 aliphatic rings. The number of hydrogen-bond acceptors (Lipinski definition) is 4. The topological polar surface area (TPSA) is 55.6 Å². The molecule has 0 aliphatic heterocycles. The largest absolute Gasteiger partial charge is 0.381 e. The maximum atomic E-state index is 13.7. The number of nitrogens with one attached hydrogen (secondary N) is 1. The van der Waals surface area contributed by atoms with Crippen LogP contribution >= 0.6 is 15.9 Å². The average Bonchev–Trinajstić information content (AvgIpc) is 3.01. The fourth-order valence-corrected chi connectivity index (χ4v) is 2.21. The lowest BCUT2D eigenvalue weighted by molar-refractivity contribution is 0.612. The van der Waals surface area contributed by atoms with Gasteiger partial charge >= 0.3 is 0 Å². The molecule has 0 radical (unpaired) electrons. The fourth-order valence-electron chi connectivity index (χ4n) is 1.87. The minimum atomic E-state index is -0.234. The molecule has 2 aromatic carbocycles. The van der Waals surface area contributed by atoms with Crippen LogP contribution in [-0.2, 0) is 6.54 Å². The Labute approximate surface area is 128 Å². The summed E-state index contributed by atoms with van der Waals surface area (Å²) in [6.45, 7) is 0.420. The zero-order valence-electron chi connectivity index (χ0n) is 10.9. The fraction of sp³-hybridized carbons (Fsp3) is 0.0714. The Kier molecular flexibility index (Phi) is 3.92. The van der Waals surface area contributed by atoms with Gasteiger partial charge in [0.15, 0.2) is 0 Å². The SMILES string of the molecule is Fc1cc(Br)ccc1CNc1ccc(-n2cnnn2)cc1. The molecule has 0 spiro atoms. The Hall–Kier alpha value is -2.28. The van der Waals surface area contributed by atoms with Crippen LogP contribution in [0.5, 0.6) is 0 Å². The summed E-state index contributed by atoms with van der Waals surface area (Å²) >= 11 is 3.24. The molecule has 0 bridgehead atoms. The molecule has 0 atom stereocenters. The summed E-state index contributed by atoms with van der Waals surface area (Å²) in [5.41, 5.74) is 2.37. The van der Waals surface area contributed by atoms with E-state index >= 15 is 0 Å². The van der Waals surface area contributed by atoms with Crippen molar-refractivity contribution in [3.05, 3.63) is 64.6 Å². The number of tetrazole rings is 1. The number of hydrogen-bond donors (Lipinski definition) is 1. The highest BCUT2D eigenvalue weighted by atomic mass is 79.9. The number of halogens is 2. The standard InChI is InChI=1S/C14H11BrFN5/c15-11-2-1-10(14(16)7-11)8-17-12-3-5-13(6-4-12)21-9-18-19-20-21/h1-7,9,17H,8H2. The number of nitrogens with zero attached hydrogens (tertiary/aromatic N) is 4. The molecule has 1 heterocycles. The van der Waals surface area contributed by atoms with Gasteiger partial charge in [-0.1, -0.05) is 22.0 Å². The summed E-state index contributed by atoms with van der Waals surface area (Å²) in [5, 5.41) is 14.2. The molecule has 3 aromatic rings. The number of benzene rings is 2. The summed E-state index contributed by atoms with van der Waals surface area (Å²) < 4.78 is 16.0. The highest BCUT2D eigenvalue weighted by Crippen LogP contribution is 2.17. The maximum Gasteiger partial charge on any atom is 0.143 e.